The number of anilines is 1. The number of morpholine rings is 1. The van der Waals surface area contributed by atoms with Crippen molar-refractivity contribution in [1.29, 1.82) is 0 Å². The van der Waals surface area contributed by atoms with E-state index in [9.17, 15) is 4.79 Å². The van der Waals surface area contributed by atoms with Gasteiger partial charge in [-0.25, -0.2) is 0 Å². The van der Waals surface area contributed by atoms with Crippen LogP contribution in [-0.2, 0) is 16.1 Å². The van der Waals surface area contributed by atoms with Crippen molar-refractivity contribution in [3.63, 3.8) is 0 Å². The number of halogens is 1. The molecule has 22 heavy (non-hydrogen) atoms. The van der Waals surface area contributed by atoms with Gasteiger partial charge in [0.2, 0.25) is 5.91 Å². The summed E-state index contributed by atoms with van der Waals surface area (Å²) in [7, 11) is 0. The van der Waals surface area contributed by atoms with Crippen molar-refractivity contribution in [2.24, 2.45) is 0 Å². The van der Waals surface area contributed by atoms with E-state index in [-0.39, 0.29) is 24.4 Å². The van der Waals surface area contributed by atoms with Gasteiger partial charge in [0.05, 0.1) is 19.8 Å². The minimum absolute atomic E-state index is 0. The maximum Gasteiger partial charge on any atom is 0.243 e. The Morgan fingerprint density at radius 2 is 2.23 bits per heavy atom. The molecule has 0 bridgehead atoms. The number of nitrogens with zero attached hydrogens (tertiary/aromatic N) is 2. The average molecular weight is 323 g/mol. The Hall–Kier alpha value is -1.89. The fourth-order valence-electron chi connectivity index (χ4n) is 2.24. The van der Waals surface area contributed by atoms with Gasteiger partial charge in [-0.3, -0.25) is 9.48 Å². The van der Waals surface area contributed by atoms with Gasteiger partial charge >= 0.3 is 0 Å². The van der Waals surface area contributed by atoms with Gasteiger partial charge in [0.1, 0.15) is 6.04 Å². The minimum atomic E-state index is -0.275. The zero-order chi connectivity index (χ0) is 14.5. The number of carbonyl (C=O) groups is 1. The second kappa shape index (κ2) is 7.93. The van der Waals surface area contributed by atoms with Crippen LogP contribution in [0.4, 0.5) is 5.69 Å². The summed E-state index contributed by atoms with van der Waals surface area (Å²) in [6.45, 7) is 2.51. The summed E-state index contributed by atoms with van der Waals surface area (Å²) in [5.41, 5.74) is 1.92. The molecule has 7 heteroatoms. The Kier molecular flexibility index (Phi) is 5.94. The third-order valence-corrected chi connectivity index (χ3v) is 3.36. The second-order valence-corrected chi connectivity index (χ2v) is 4.97. The molecular formula is C15H19ClN4O2. The van der Waals surface area contributed by atoms with Crippen LogP contribution in [0.1, 0.15) is 5.56 Å². The Bertz CT molecular complexity index is 580. The highest BCUT2D eigenvalue weighted by Gasteiger charge is 2.20. The number of amides is 1. The first-order chi connectivity index (χ1) is 10.3. The van der Waals surface area contributed by atoms with Gasteiger partial charge in [-0.15, -0.1) is 12.4 Å². The zero-order valence-corrected chi connectivity index (χ0v) is 12.9. The molecule has 0 radical (unpaired) electrons. The molecular weight excluding hydrogens is 304 g/mol. The molecule has 3 rings (SSSR count). The van der Waals surface area contributed by atoms with Gasteiger partial charge in [0.15, 0.2) is 0 Å². The van der Waals surface area contributed by atoms with E-state index in [1.54, 1.807) is 6.20 Å². The molecule has 0 aliphatic carbocycles. The van der Waals surface area contributed by atoms with E-state index in [1.165, 1.54) is 0 Å². The quantitative estimate of drug-likeness (QED) is 0.890. The minimum Gasteiger partial charge on any atom is -0.378 e. The Morgan fingerprint density at radius 3 is 2.86 bits per heavy atom. The van der Waals surface area contributed by atoms with Crippen LogP contribution >= 0.6 is 12.4 Å². The van der Waals surface area contributed by atoms with E-state index in [4.69, 9.17) is 4.74 Å². The van der Waals surface area contributed by atoms with Crippen molar-refractivity contribution in [2.45, 2.75) is 12.6 Å². The predicted octanol–water partition coefficient (Wildman–Crippen LogP) is 1.28. The number of nitrogens with one attached hydrogen (secondary N) is 2. The predicted molar refractivity (Wildman–Crippen MR) is 86.3 cm³/mol. The molecule has 1 atom stereocenters. The second-order valence-electron chi connectivity index (χ2n) is 4.97. The van der Waals surface area contributed by atoms with Gasteiger partial charge < -0.3 is 15.4 Å². The van der Waals surface area contributed by atoms with Gasteiger partial charge in [0.25, 0.3) is 0 Å². The van der Waals surface area contributed by atoms with E-state index in [0.29, 0.717) is 19.8 Å². The van der Waals surface area contributed by atoms with Crippen LogP contribution < -0.4 is 10.6 Å². The number of hydrogen-bond acceptors (Lipinski definition) is 4. The van der Waals surface area contributed by atoms with E-state index >= 15 is 0 Å². The summed E-state index contributed by atoms with van der Waals surface area (Å²) in [4.78, 5) is 12.0. The van der Waals surface area contributed by atoms with Crippen LogP contribution in [0.5, 0.6) is 0 Å². The van der Waals surface area contributed by atoms with Crippen molar-refractivity contribution in [3.8, 4) is 0 Å². The first kappa shape index (κ1) is 16.5. The van der Waals surface area contributed by atoms with Crippen LogP contribution in [0.3, 0.4) is 0 Å². The standard InChI is InChI=1S/C15H18N4O2.ClH/c20-15(14-11-21-9-7-16-14)18-13-4-2-12(3-5-13)10-19-8-1-6-17-19;/h1-6,8,14,16H,7,9-11H2,(H,18,20);1H. The third-order valence-electron chi connectivity index (χ3n) is 3.36. The molecule has 6 nitrogen and oxygen atoms in total. The smallest absolute Gasteiger partial charge is 0.243 e. The number of ether oxygens (including phenoxy) is 1. The third kappa shape index (κ3) is 4.30. The van der Waals surface area contributed by atoms with E-state index in [0.717, 1.165) is 17.8 Å². The molecule has 1 saturated heterocycles. The molecule has 2 heterocycles. The highest BCUT2D eigenvalue weighted by molar-refractivity contribution is 5.95. The Labute approximate surface area is 135 Å². The van der Waals surface area contributed by atoms with Crippen molar-refractivity contribution in [3.05, 3.63) is 48.3 Å². The zero-order valence-electron chi connectivity index (χ0n) is 12.1. The molecule has 1 aromatic carbocycles. The van der Waals surface area contributed by atoms with E-state index in [1.807, 2.05) is 41.2 Å². The SMILES string of the molecule is Cl.O=C(Nc1ccc(Cn2cccn2)cc1)C1COCCN1. The molecule has 0 saturated carbocycles. The van der Waals surface area contributed by atoms with Crippen molar-refractivity contribution in [2.75, 3.05) is 25.1 Å². The van der Waals surface area contributed by atoms with Crippen molar-refractivity contribution in [1.82, 2.24) is 15.1 Å². The van der Waals surface area contributed by atoms with Gasteiger partial charge in [-0.05, 0) is 23.8 Å². The fourth-order valence-corrected chi connectivity index (χ4v) is 2.24. The topological polar surface area (TPSA) is 68.2 Å². The van der Waals surface area contributed by atoms with Crippen molar-refractivity contribution >= 4 is 24.0 Å². The van der Waals surface area contributed by atoms with Crippen molar-refractivity contribution < 1.29 is 9.53 Å². The maximum atomic E-state index is 12.0. The Morgan fingerprint density at radius 1 is 1.41 bits per heavy atom. The van der Waals surface area contributed by atoms with Crippen LogP contribution in [-0.4, -0.2) is 41.5 Å². The van der Waals surface area contributed by atoms with E-state index < -0.39 is 0 Å². The van der Waals surface area contributed by atoms with Gasteiger partial charge in [-0.1, -0.05) is 12.1 Å². The summed E-state index contributed by atoms with van der Waals surface area (Å²) >= 11 is 0. The molecule has 118 valence electrons. The molecule has 0 spiro atoms. The number of hydrogen-bond donors (Lipinski definition) is 2. The summed E-state index contributed by atoms with van der Waals surface area (Å²) in [5, 5.41) is 10.2. The molecule has 2 N–H and O–H groups in total. The number of benzene rings is 1. The molecule has 1 amide bonds. The van der Waals surface area contributed by atoms with E-state index in [2.05, 4.69) is 15.7 Å². The number of carbonyl (C=O) groups excluding carboxylic acids is 1. The number of aromatic nitrogens is 2. The fraction of sp³-hybridized carbons (Fsp3) is 0.333. The normalized spacial score (nSPS) is 17.5. The first-order valence-electron chi connectivity index (χ1n) is 6.99. The lowest BCUT2D eigenvalue weighted by Gasteiger charge is -2.22. The summed E-state index contributed by atoms with van der Waals surface area (Å²) in [6, 6.07) is 9.40. The van der Waals surface area contributed by atoms with Crippen LogP contribution in [0.15, 0.2) is 42.7 Å². The van der Waals surface area contributed by atoms with Gasteiger partial charge in [0, 0.05) is 24.6 Å². The molecule has 1 aromatic heterocycles. The lowest BCUT2D eigenvalue weighted by atomic mass is 10.2. The summed E-state index contributed by atoms with van der Waals surface area (Å²) in [6.07, 6.45) is 3.68. The van der Waals surface area contributed by atoms with Crippen LogP contribution in [0.2, 0.25) is 0 Å². The highest BCUT2D eigenvalue weighted by atomic mass is 35.5. The highest BCUT2D eigenvalue weighted by Crippen LogP contribution is 2.11. The monoisotopic (exact) mass is 322 g/mol. The number of rotatable bonds is 4. The first-order valence-corrected chi connectivity index (χ1v) is 6.99. The molecule has 1 aliphatic heterocycles. The van der Waals surface area contributed by atoms with Crippen LogP contribution in [0.25, 0.3) is 0 Å². The largest absolute Gasteiger partial charge is 0.378 e. The molecule has 2 aromatic rings. The van der Waals surface area contributed by atoms with Gasteiger partial charge in [-0.2, -0.15) is 5.10 Å². The maximum absolute atomic E-state index is 12.0. The molecule has 1 unspecified atom stereocenters. The summed E-state index contributed by atoms with van der Waals surface area (Å²) < 4.78 is 7.14. The average Bonchev–Trinajstić information content (AvgIpc) is 3.03. The molecule has 1 aliphatic rings. The van der Waals surface area contributed by atoms with Crippen LogP contribution in [0, 0.1) is 0 Å². The lowest BCUT2D eigenvalue weighted by molar-refractivity contribution is -0.120. The lowest BCUT2D eigenvalue weighted by Crippen LogP contribution is -2.48. The molecule has 1 fully saturated rings. The summed E-state index contributed by atoms with van der Waals surface area (Å²) in [5.74, 6) is -0.0606. The Balaban J connectivity index is 0.00000176.